The molecule has 0 spiro atoms. The van der Waals surface area contributed by atoms with Gasteiger partial charge in [-0.05, 0) is 37.3 Å². The molecule has 3 rings (SSSR count). The number of benzene rings is 2. The van der Waals surface area contributed by atoms with Gasteiger partial charge in [0.2, 0.25) is 0 Å². The summed E-state index contributed by atoms with van der Waals surface area (Å²) in [4.78, 5) is 12.7. The third-order valence-electron chi connectivity index (χ3n) is 4.46. The van der Waals surface area contributed by atoms with Crippen LogP contribution in [0.3, 0.4) is 0 Å². The van der Waals surface area contributed by atoms with Gasteiger partial charge >= 0.3 is 6.18 Å². The Morgan fingerprint density at radius 2 is 1.87 bits per heavy atom. The highest BCUT2D eigenvalue weighted by Gasteiger charge is 2.42. The van der Waals surface area contributed by atoms with Crippen LogP contribution in [0, 0.1) is 5.82 Å². The van der Waals surface area contributed by atoms with Crippen LogP contribution in [-0.2, 0) is 6.18 Å². The van der Waals surface area contributed by atoms with Gasteiger partial charge in [0.15, 0.2) is 11.4 Å². The topological polar surface area (TPSA) is 78.3 Å². The van der Waals surface area contributed by atoms with Gasteiger partial charge < -0.3 is 14.8 Å². The van der Waals surface area contributed by atoms with Crippen molar-refractivity contribution in [3.8, 4) is 17.2 Å². The summed E-state index contributed by atoms with van der Waals surface area (Å²) in [5.74, 6) is -0.962. The van der Waals surface area contributed by atoms with Crippen molar-refractivity contribution in [2.75, 3.05) is 14.2 Å². The lowest BCUT2D eigenvalue weighted by Gasteiger charge is -2.18. The fourth-order valence-electron chi connectivity index (χ4n) is 3.00. The molecule has 0 saturated carbocycles. The van der Waals surface area contributed by atoms with Crippen molar-refractivity contribution in [1.29, 1.82) is 0 Å². The summed E-state index contributed by atoms with van der Waals surface area (Å²) >= 11 is 0. The van der Waals surface area contributed by atoms with E-state index in [4.69, 9.17) is 9.47 Å². The van der Waals surface area contributed by atoms with E-state index in [1.165, 1.54) is 26.4 Å². The average molecular weight is 438 g/mol. The van der Waals surface area contributed by atoms with Crippen LogP contribution in [0.15, 0.2) is 42.5 Å². The normalized spacial score (nSPS) is 12.4. The largest absolute Gasteiger partial charge is 0.497 e. The second-order valence-electron chi connectivity index (χ2n) is 6.48. The smallest absolute Gasteiger partial charge is 0.435 e. The van der Waals surface area contributed by atoms with Crippen molar-refractivity contribution in [1.82, 2.24) is 20.3 Å². The molecule has 1 aromatic heterocycles. The molecule has 1 unspecified atom stereocenters. The number of methoxy groups -OCH3 is 2. The minimum absolute atomic E-state index is 0.219. The third-order valence-corrected chi connectivity index (χ3v) is 4.46. The third kappa shape index (κ3) is 4.60. The fourth-order valence-corrected chi connectivity index (χ4v) is 3.00. The first-order chi connectivity index (χ1) is 14.7. The number of halogens is 4. The van der Waals surface area contributed by atoms with Crippen molar-refractivity contribution in [3.05, 3.63) is 65.2 Å². The minimum Gasteiger partial charge on any atom is -0.497 e. The first-order valence-corrected chi connectivity index (χ1v) is 8.97. The Morgan fingerprint density at radius 1 is 1.13 bits per heavy atom. The Hall–Kier alpha value is -3.63. The Labute approximate surface area is 174 Å². The molecule has 11 heteroatoms. The molecule has 1 heterocycles. The van der Waals surface area contributed by atoms with Gasteiger partial charge in [-0.1, -0.05) is 11.3 Å². The van der Waals surface area contributed by atoms with E-state index < -0.39 is 35.3 Å². The summed E-state index contributed by atoms with van der Waals surface area (Å²) in [6, 6.07) is 8.48. The quantitative estimate of drug-likeness (QED) is 0.590. The van der Waals surface area contributed by atoms with Crippen molar-refractivity contribution in [2.24, 2.45) is 0 Å². The molecule has 1 amide bonds. The number of hydrogen-bond acceptors (Lipinski definition) is 5. The maximum atomic E-state index is 13.7. The maximum absolute atomic E-state index is 13.7. The number of aromatic nitrogens is 3. The molecule has 1 atom stereocenters. The van der Waals surface area contributed by atoms with Crippen LogP contribution in [0.4, 0.5) is 17.6 Å². The highest BCUT2D eigenvalue weighted by atomic mass is 19.4. The van der Waals surface area contributed by atoms with E-state index in [-0.39, 0.29) is 5.69 Å². The molecule has 0 bridgehead atoms. The van der Waals surface area contributed by atoms with Gasteiger partial charge in [0, 0.05) is 11.6 Å². The number of hydrogen-bond donors (Lipinski definition) is 1. The number of alkyl halides is 3. The summed E-state index contributed by atoms with van der Waals surface area (Å²) in [6.07, 6.45) is -4.97. The van der Waals surface area contributed by atoms with Crippen molar-refractivity contribution >= 4 is 5.91 Å². The van der Waals surface area contributed by atoms with E-state index in [0.29, 0.717) is 21.7 Å². The molecular formula is C20H18F4N4O3. The van der Waals surface area contributed by atoms with E-state index in [1.54, 1.807) is 25.1 Å². The summed E-state index contributed by atoms with van der Waals surface area (Å²) in [7, 11) is 2.89. The first kappa shape index (κ1) is 22.1. The molecule has 2 aromatic carbocycles. The zero-order chi connectivity index (χ0) is 22.8. The van der Waals surface area contributed by atoms with Gasteiger partial charge in [0.25, 0.3) is 5.91 Å². The highest BCUT2D eigenvalue weighted by Crippen LogP contribution is 2.34. The molecule has 164 valence electrons. The molecule has 0 saturated heterocycles. The van der Waals surface area contributed by atoms with Gasteiger partial charge in [-0.15, -0.1) is 5.10 Å². The summed E-state index contributed by atoms with van der Waals surface area (Å²) in [5, 5.41) is 9.31. The first-order valence-electron chi connectivity index (χ1n) is 8.97. The lowest BCUT2D eigenvalue weighted by Crippen LogP contribution is -2.29. The molecule has 3 aromatic rings. The number of nitrogens with zero attached hydrogens (tertiary/aromatic N) is 3. The van der Waals surface area contributed by atoms with Crippen molar-refractivity contribution < 1.29 is 31.8 Å². The van der Waals surface area contributed by atoms with Gasteiger partial charge in [-0.25, -0.2) is 9.07 Å². The van der Waals surface area contributed by atoms with Crippen LogP contribution in [0.2, 0.25) is 0 Å². The standard InChI is InChI=1S/C20H18F4N4O3/c1-11(15-8-7-14(30-2)10-16(15)31-3)25-19(29)17-18(20(22,23)24)28(27-26-17)13-6-4-5-12(21)9-13/h4-11H,1-3H3,(H,25,29). The lowest BCUT2D eigenvalue weighted by molar-refractivity contribution is -0.143. The van der Waals surface area contributed by atoms with Gasteiger partial charge in [-0.2, -0.15) is 13.2 Å². The van der Waals surface area contributed by atoms with Gasteiger partial charge in [0.05, 0.1) is 25.9 Å². The summed E-state index contributed by atoms with van der Waals surface area (Å²) in [5.41, 5.74) is -2.05. The molecule has 0 aliphatic rings. The van der Waals surface area contributed by atoms with E-state index in [2.05, 4.69) is 15.6 Å². The Balaban J connectivity index is 1.95. The Bertz CT molecular complexity index is 1100. The van der Waals surface area contributed by atoms with Crippen LogP contribution < -0.4 is 14.8 Å². The Kier molecular flexibility index (Phi) is 6.14. The molecule has 0 fully saturated rings. The van der Waals surface area contributed by atoms with E-state index in [0.717, 1.165) is 12.1 Å². The molecule has 31 heavy (non-hydrogen) atoms. The Morgan fingerprint density at radius 3 is 2.48 bits per heavy atom. The number of nitrogens with one attached hydrogen (secondary N) is 1. The average Bonchev–Trinajstić information content (AvgIpc) is 3.19. The molecule has 0 aliphatic carbocycles. The SMILES string of the molecule is COc1ccc(C(C)NC(=O)c2nnn(-c3cccc(F)c3)c2C(F)(F)F)c(OC)c1. The second kappa shape index (κ2) is 8.62. The number of carbonyl (C=O) groups excluding carboxylic acids is 1. The van der Waals surface area contributed by atoms with E-state index >= 15 is 0 Å². The zero-order valence-electron chi connectivity index (χ0n) is 16.7. The van der Waals surface area contributed by atoms with Crippen LogP contribution in [-0.4, -0.2) is 35.1 Å². The van der Waals surface area contributed by atoms with Crippen molar-refractivity contribution in [2.45, 2.75) is 19.1 Å². The van der Waals surface area contributed by atoms with Gasteiger partial charge in [-0.3, -0.25) is 4.79 Å². The highest BCUT2D eigenvalue weighted by molar-refractivity contribution is 5.93. The number of amides is 1. The molecule has 7 nitrogen and oxygen atoms in total. The summed E-state index contributed by atoms with van der Waals surface area (Å²) in [6.45, 7) is 1.58. The molecule has 0 aliphatic heterocycles. The predicted molar refractivity (Wildman–Crippen MR) is 102 cm³/mol. The number of ether oxygens (including phenoxy) is 2. The van der Waals surface area contributed by atoms with Crippen molar-refractivity contribution in [3.63, 3.8) is 0 Å². The van der Waals surface area contributed by atoms with E-state index in [1.807, 2.05) is 0 Å². The van der Waals surface area contributed by atoms with Crippen LogP contribution in [0.1, 0.15) is 34.7 Å². The predicted octanol–water partition coefficient (Wildman–Crippen LogP) is 3.93. The zero-order valence-corrected chi connectivity index (χ0v) is 16.7. The number of carbonyl (C=O) groups is 1. The van der Waals surface area contributed by atoms with Crippen LogP contribution >= 0.6 is 0 Å². The fraction of sp³-hybridized carbons (Fsp3) is 0.250. The molecular weight excluding hydrogens is 420 g/mol. The maximum Gasteiger partial charge on any atom is 0.435 e. The number of rotatable bonds is 6. The summed E-state index contributed by atoms with van der Waals surface area (Å²) < 4.78 is 65.5. The van der Waals surface area contributed by atoms with Crippen LogP contribution in [0.25, 0.3) is 5.69 Å². The second-order valence-corrected chi connectivity index (χ2v) is 6.48. The lowest BCUT2D eigenvalue weighted by atomic mass is 10.1. The molecule has 0 radical (unpaired) electrons. The van der Waals surface area contributed by atoms with E-state index in [9.17, 15) is 22.4 Å². The monoisotopic (exact) mass is 438 g/mol. The molecule has 1 N–H and O–H groups in total. The van der Waals surface area contributed by atoms with Crippen LogP contribution in [0.5, 0.6) is 11.5 Å². The minimum atomic E-state index is -4.97. The van der Waals surface area contributed by atoms with Gasteiger partial charge in [0.1, 0.15) is 17.3 Å².